The lowest BCUT2D eigenvalue weighted by Gasteiger charge is -2.27. The van der Waals surface area contributed by atoms with E-state index in [1.807, 2.05) is 0 Å². The number of rotatable bonds is 4. The third-order valence-corrected chi connectivity index (χ3v) is 5.29. The van der Waals surface area contributed by atoms with Crippen LogP contribution in [-0.2, 0) is 9.53 Å². The summed E-state index contributed by atoms with van der Waals surface area (Å²) in [4.78, 5) is 15.9. The molecule has 2 saturated heterocycles. The highest BCUT2D eigenvalue weighted by Crippen LogP contribution is 2.25. The van der Waals surface area contributed by atoms with Crippen molar-refractivity contribution in [3.63, 3.8) is 0 Å². The molecule has 0 radical (unpaired) electrons. The van der Waals surface area contributed by atoms with Crippen LogP contribution in [0.4, 0.5) is 0 Å². The van der Waals surface area contributed by atoms with E-state index in [4.69, 9.17) is 4.74 Å². The average molecular weight is 305 g/mol. The minimum absolute atomic E-state index is 0.291. The summed E-state index contributed by atoms with van der Waals surface area (Å²) in [7, 11) is 0. The molecule has 0 bridgehead atoms. The zero-order valence-electron chi connectivity index (χ0n) is 12.4. The lowest BCUT2D eigenvalue weighted by atomic mass is 9.96. The summed E-state index contributed by atoms with van der Waals surface area (Å²) in [6, 6.07) is 4.47. The largest absolute Gasteiger partial charge is 0.381 e. The molecule has 2 aliphatic rings. The second-order valence-corrected chi connectivity index (χ2v) is 6.91. The monoisotopic (exact) mass is 305 g/mol. The number of carbonyl (C=O) groups excluding carboxylic acids is 1. The van der Waals surface area contributed by atoms with Crippen molar-refractivity contribution in [1.29, 1.82) is 0 Å². The van der Waals surface area contributed by atoms with Crippen LogP contribution in [0.25, 0.3) is 6.08 Å². The number of nitrogens with zero attached hydrogens (tertiary/aromatic N) is 1. The van der Waals surface area contributed by atoms with Crippen LogP contribution in [0.1, 0.15) is 37.0 Å². The SMILES string of the molecule is O=C(CC1CCOCC1)N1CCC[C@@H]1/C=C/c1cccs1. The summed E-state index contributed by atoms with van der Waals surface area (Å²) in [5, 5.41) is 2.09. The second kappa shape index (κ2) is 7.23. The van der Waals surface area contributed by atoms with E-state index < -0.39 is 0 Å². The summed E-state index contributed by atoms with van der Waals surface area (Å²) in [5.41, 5.74) is 0. The molecule has 3 heterocycles. The highest BCUT2D eigenvalue weighted by atomic mass is 32.1. The molecule has 0 aromatic carbocycles. The van der Waals surface area contributed by atoms with E-state index in [0.717, 1.165) is 45.4 Å². The van der Waals surface area contributed by atoms with Crippen LogP contribution in [0.5, 0.6) is 0 Å². The first-order chi connectivity index (χ1) is 10.3. The van der Waals surface area contributed by atoms with Crippen molar-refractivity contribution in [1.82, 2.24) is 4.90 Å². The van der Waals surface area contributed by atoms with E-state index in [0.29, 0.717) is 24.3 Å². The molecule has 3 rings (SSSR count). The van der Waals surface area contributed by atoms with Crippen molar-refractivity contribution in [2.75, 3.05) is 19.8 Å². The van der Waals surface area contributed by atoms with Gasteiger partial charge >= 0.3 is 0 Å². The highest BCUT2D eigenvalue weighted by molar-refractivity contribution is 7.10. The molecule has 0 aliphatic carbocycles. The number of amides is 1. The molecule has 0 saturated carbocycles. The Bertz CT molecular complexity index is 477. The Hall–Kier alpha value is -1.13. The minimum atomic E-state index is 0.291. The fourth-order valence-corrected chi connectivity index (χ4v) is 3.84. The summed E-state index contributed by atoms with van der Waals surface area (Å²) >= 11 is 1.74. The van der Waals surface area contributed by atoms with E-state index >= 15 is 0 Å². The molecule has 21 heavy (non-hydrogen) atoms. The zero-order valence-corrected chi connectivity index (χ0v) is 13.2. The van der Waals surface area contributed by atoms with E-state index in [2.05, 4.69) is 34.6 Å². The van der Waals surface area contributed by atoms with Gasteiger partial charge in [0.2, 0.25) is 5.91 Å². The number of hydrogen-bond donors (Lipinski definition) is 0. The Labute approximate surface area is 130 Å². The lowest BCUT2D eigenvalue weighted by molar-refractivity contribution is -0.132. The predicted molar refractivity (Wildman–Crippen MR) is 86.2 cm³/mol. The summed E-state index contributed by atoms with van der Waals surface area (Å²) in [6.07, 6.45) is 9.37. The van der Waals surface area contributed by atoms with Crippen LogP contribution in [0, 0.1) is 5.92 Å². The first kappa shape index (κ1) is 14.8. The summed E-state index contributed by atoms with van der Waals surface area (Å²) < 4.78 is 5.37. The number of hydrogen-bond acceptors (Lipinski definition) is 3. The van der Waals surface area contributed by atoms with E-state index in [1.54, 1.807) is 11.3 Å². The summed E-state index contributed by atoms with van der Waals surface area (Å²) in [6.45, 7) is 2.56. The summed E-state index contributed by atoms with van der Waals surface area (Å²) in [5.74, 6) is 0.856. The Kier molecular flexibility index (Phi) is 5.09. The molecule has 0 unspecified atom stereocenters. The molecule has 1 amide bonds. The van der Waals surface area contributed by atoms with Gasteiger partial charge in [-0.2, -0.15) is 0 Å². The van der Waals surface area contributed by atoms with Gasteiger partial charge in [-0.1, -0.05) is 12.1 Å². The molecule has 0 spiro atoms. The maximum absolute atomic E-state index is 12.5. The zero-order chi connectivity index (χ0) is 14.5. The quantitative estimate of drug-likeness (QED) is 0.851. The first-order valence-electron chi connectivity index (χ1n) is 7.92. The first-order valence-corrected chi connectivity index (χ1v) is 8.80. The van der Waals surface area contributed by atoms with Crippen molar-refractivity contribution in [2.45, 2.75) is 38.1 Å². The van der Waals surface area contributed by atoms with Crippen LogP contribution in [-0.4, -0.2) is 36.6 Å². The van der Waals surface area contributed by atoms with Crippen LogP contribution < -0.4 is 0 Å². The van der Waals surface area contributed by atoms with Crippen molar-refractivity contribution >= 4 is 23.3 Å². The molecule has 3 nitrogen and oxygen atoms in total. The maximum Gasteiger partial charge on any atom is 0.223 e. The maximum atomic E-state index is 12.5. The smallest absolute Gasteiger partial charge is 0.223 e. The number of thiophene rings is 1. The predicted octanol–water partition coefficient (Wildman–Crippen LogP) is 3.57. The van der Waals surface area contributed by atoms with Gasteiger partial charge in [-0.15, -0.1) is 11.3 Å². The molecule has 0 N–H and O–H groups in total. The van der Waals surface area contributed by atoms with Crippen molar-refractivity contribution < 1.29 is 9.53 Å². The molecule has 1 aromatic heterocycles. The van der Waals surface area contributed by atoms with Crippen molar-refractivity contribution in [2.24, 2.45) is 5.92 Å². The minimum Gasteiger partial charge on any atom is -0.381 e. The van der Waals surface area contributed by atoms with Gasteiger partial charge < -0.3 is 9.64 Å². The Morgan fingerprint density at radius 3 is 3.00 bits per heavy atom. The van der Waals surface area contributed by atoms with Gasteiger partial charge in [0.1, 0.15) is 0 Å². The standard InChI is InChI=1S/C17H23NO2S/c19-17(13-14-7-10-20-11-8-14)18-9-1-3-15(18)5-6-16-4-2-12-21-16/h2,4-6,12,14-15H,1,3,7-11,13H2/b6-5+/t15-/m1/s1. The number of ether oxygens (including phenoxy) is 1. The van der Waals surface area contributed by atoms with Gasteiger partial charge in [-0.25, -0.2) is 0 Å². The van der Waals surface area contributed by atoms with Gasteiger partial charge in [-0.3, -0.25) is 4.79 Å². The fraction of sp³-hybridized carbons (Fsp3) is 0.588. The fourth-order valence-electron chi connectivity index (χ4n) is 3.21. The second-order valence-electron chi connectivity index (χ2n) is 5.93. The third-order valence-electron chi connectivity index (χ3n) is 4.45. The highest BCUT2D eigenvalue weighted by Gasteiger charge is 2.28. The van der Waals surface area contributed by atoms with Gasteiger partial charge in [0, 0.05) is 31.1 Å². The third kappa shape index (κ3) is 3.95. The topological polar surface area (TPSA) is 29.5 Å². The molecular weight excluding hydrogens is 282 g/mol. The van der Waals surface area contributed by atoms with Gasteiger partial charge in [-0.05, 0) is 49.1 Å². The molecule has 1 atom stereocenters. The lowest BCUT2D eigenvalue weighted by Crippen LogP contribution is -2.36. The number of likely N-dealkylation sites (tertiary alicyclic amines) is 1. The van der Waals surface area contributed by atoms with E-state index in [-0.39, 0.29) is 0 Å². The van der Waals surface area contributed by atoms with Crippen LogP contribution >= 0.6 is 11.3 Å². The van der Waals surface area contributed by atoms with Gasteiger partial charge in [0.15, 0.2) is 0 Å². The van der Waals surface area contributed by atoms with Gasteiger partial charge in [0.25, 0.3) is 0 Å². The van der Waals surface area contributed by atoms with Crippen LogP contribution in [0.2, 0.25) is 0 Å². The van der Waals surface area contributed by atoms with E-state index in [1.165, 1.54) is 4.88 Å². The number of carbonyl (C=O) groups is 1. The van der Waals surface area contributed by atoms with Crippen molar-refractivity contribution in [3.05, 3.63) is 28.5 Å². The average Bonchev–Trinajstić information content (AvgIpc) is 3.17. The molecule has 1 aromatic rings. The molecule has 114 valence electrons. The van der Waals surface area contributed by atoms with E-state index in [9.17, 15) is 4.79 Å². The Morgan fingerprint density at radius 2 is 2.24 bits per heavy atom. The Morgan fingerprint density at radius 1 is 1.38 bits per heavy atom. The molecule has 2 aliphatic heterocycles. The van der Waals surface area contributed by atoms with Crippen molar-refractivity contribution in [3.8, 4) is 0 Å². The molecule has 2 fully saturated rings. The molecular formula is C17H23NO2S. The van der Waals surface area contributed by atoms with Crippen LogP contribution in [0.3, 0.4) is 0 Å². The Balaban J connectivity index is 1.56. The normalized spacial score (nSPS) is 24.0. The van der Waals surface area contributed by atoms with Gasteiger partial charge in [0.05, 0.1) is 6.04 Å². The van der Waals surface area contributed by atoms with Crippen LogP contribution in [0.15, 0.2) is 23.6 Å². The molecule has 4 heteroatoms.